The number of hydrogen-bond donors (Lipinski definition) is 1. The van der Waals surface area contributed by atoms with E-state index in [1.807, 2.05) is 54.6 Å². The molecule has 26 heavy (non-hydrogen) atoms. The zero-order chi connectivity index (χ0) is 18.4. The quantitative estimate of drug-likeness (QED) is 0.813. The van der Waals surface area contributed by atoms with Crippen LogP contribution < -0.4 is 10.1 Å². The smallest absolute Gasteiger partial charge is 0.338 e. The van der Waals surface area contributed by atoms with E-state index in [1.165, 1.54) is 0 Å². The lowest BCUT2D eigenvalue weighted by Gasteiger charge is -2.19. The molecule has 5 heteroatoms. The van der Waals surface area contributed by atoms with Crippen molar-refractivity contribution in [1.82, 2.24) is 5.32 Å². The standard InChI is InChI=1S/C21H21NO4/c1-15(20(23)22-12-11-16-7-3-2-4-8-16)26-21(24)18-13-17-9-5-6-10-19(17)25-14-18/h2-10,13,15H,11-12,14H2,1H3,(H,22,23)/t15-/m0/s1. The molecule has 0 bridgehead atoms. The van der Waals surface area contributed by atoms with Crippen LogP contribution in [0.5, 0.6) is 5.75 Å². The molecule has 134 valence electrons. The van der Waals surface area contributed by atoms with Crippen LogP contribution in [0.4, 0.5) is 0 Å². The van der Waals surface area contributed by atoms with Gasteiger partial charge in [0, 0.05) is 12.1 Å². The molecule has 0 fully saturated rings. The molecule has 0 saturated heterocycles. The molecular formula is C21H21NO4. The number of esters is 1. The van der Waals surface area contributed by atoms with Crippen LogP contribution in [0.3, 0.4) is 0 Å². The Bertz CT molecular complexity index is 814. The molecule has 1 aliphatic heterocycles. The van der Waals surface area contributed by atoms with E-state index in [0.717, 1.165) is 23.3 Å². The molecule has 1 atom stereocenters. The third kappa shape index (κ3) is 4.51. The van der Waals surface area contributed by atoms with Crippen molar-refractivity contribution >= 4 is 18.0 Å². The summed E-state index contributed by atoms with van der Waals surface area (Å²) in [6.45, 7) is 2.19. The molecule has 0 aromatic heterocycles. The number of rotatable bonds is 6. The lowest BCUT2D eigenvalue weighted by molar-refractivity contribution is -0.151. The van der Waals surface area contributed by atoms with E-state index in [1.54, 1.807) is 13.0 Å². The first-order valence-electron chi connectivity index (χ1n) is 8.58. The van der Waals surface area contributed by atoms with E-state index in [4.69, 9.17) is 9.47 Å². The maximum absolute atomic E-state index is 12.3. The third-order valence-electron chi connectivity index (χ3n) is 4.10. The van der Waals surface area contributed by atoms with Gasteiger partial charge in [0.25, 0.3) is 5.91 Å². The van der Waals surface area contributed by atoms with E-state index < -0.39 is 12.1 Å². The molecule has 1 N–H and O–H groups in total. The molecule has 0 saturated carbocycles. The third-order valence-corrected chi connectivity index (χ3v) is 4.10. The highest BCUT2D eigenvalue weighted by atomic mass is 16.6. The number of carbonyl (C=O) groups excluding carboxylic acids is 2. The van der Waals surface area contributed by atoms with Crippen molar-refractivity contribution in [2.45, 2.75) is 19.4 Å². The van der Waals surface area contributed by atoms with Gasteiger partial charge in [-0.3, -0.25) is 4.79 Å². The fourth-order valence-corrected chi connectivity index (χ4v) is 2.64. The van der Waals surface area contributed by atoms with Gasteiger partial charge in [-0.1, -0.05) is 48.5 Å². The highest BCUT2D eigenvalue weighted by Gasteiger charge is 2.23. The van der Waals surface area contributed by atoms with Crippen LogP contribution in [0, 0.1) is 0 Å². The number of para-hydroxylation sites is 1. The number of ether oxygens (including phenoxy) is 2. The van der Waals surface area contributed by atoms with Gasteiger partial charge >= 0.3 is 5.97 Å². The Balaban J connectivity index is 1.49. The molecule has 1 amide bonds. The SMILES string of the molecule is C[C@H](OC(=O)C1=Cc2ccccc2OC1)C(=O)NCCc1ccccc1. The number of nitrogens with one attached hydrogen (secondary N) is 1. The van der Waals surface area contributed by atoms with Gasteiger partial charge in [-0.25, -0.2) is 4.79 Å². The van der Waals surface area contributed by atoms with Crippen molar-refractivity contribution in [2.75, 3.05) is 13.2 Å². The summed E-state index contributed by atoms with van der Waals surface area (Å²) >= 11 is 0. The van der Waals surface area contributed by atoms with E-state index in [2.05, 4.69) is 5.32 Å². The molecule has 1 heterocycles. The second-order valence-corrected chi connectivity index (χ2v) is 6.07. The van der Waals surface area contributed by atoms with Crippen LogP contribution in [0.25, 0.3) is 6.08 Å². The van der Waals surface area contributed by atoms with Crippen LogP contribution >= 0.6 is 0 Å². The Morgan fingerprint density at radius 1 is 1.12 bits per heavy atom. The maximum atomic E-state index is 12.3. The number of fused-ring (bicyclic) bond motifs is 1. The van der Waals surface area contributed by atoms with Crippen LogP contribution in [0.1, 0.15) is 18.1 Å². The van der Waals surface area contributed by atoms with Crippen LogP contribution in [-0.2, 0) is 20.7 Å². The summed E-state index contributed by atoms with van der Waals surface area (Å²) in [5.41, 5.74) is 2.36. The van der Waals surface area contributed by atoms with Gasteiger partial charge in [0.05, 0.1) is 5.57 Å². The first-order chi connectivity index (χ1) is 12.6. The lowest BCUT2D eigenvalue weighted by Crippen LogP contribution is -2.37. The molecule has 3 rings (SSSR count). The molecule has 0 spiro atoms. The predicted molar refractivity (Wildman–Crippen MR) is 98.6 cm³/mol. The van der Waals surface area contributed by atoms with Gasteiger partial charge < -0.3 is 14.8 Å². The van der Waals surface area contributed by atoms with E-state index >= 15 is 0 Å². The minimum atomic E-state index is -0.864. The first kappa shape index (κ1) is 17.7. The van der Waals surface area contributed by atoms with Crippen LogP contribution in [-0.4, -0.2) is 31.1 Å². The largest absolute Gasteiger partial charge is 0.488 e. The van der Waals surface area contributed by atoms with E-state index in [9.17, 15) is 9.59 Å². The van der Waals surface area contributed by atoms with Crippen LogP contribution in [0.2, 0.25) is 0 Å². The minimum absolute atomic E-state index is 0.137. The predicted octanol–water partition coefficient (Wildman–Crippen LogP) is 2.75. The molecule has 0 unspecified atom stereocenters. The summed E-state index contributed by atoms with van der Waals surface area (Å²) in [6.07, 6.45) is 1.60. The number of benzene rings is 2. The molecule has 5 nitrogen and oxygen atoms in total. The molecule has 2 aromatic rings. The Morgan fingerprint density at radius 2 is 1.85 bits per heavy atom. The van der Waals surface area contributed by atoms with E-state index in [0.29, 0.717) is 12.1 Å². The zero-order valence-electron chi connectivity index (χ0n) is 14.6. The summed E-state index contributed by atoms with van der Waals surface area (Å²) in [6, 6.07) is 17.3. The molecule has 2 aromatic carbocycles. The van der Waals surface area contributed by atoms with Crippen molar-refractivity contribution < 1.29 is 19.1 Å². The average Bonchev–Trinajstić information content (AvgIpc) is 2.68. The highest BCUT2D eigenvalue weighted by molar-refractivity contribution is 5.96. The van der Waals surface area contributed by atoms with Gasteiger partial charge in [0.15, 0.2) is 6.10 Å². The van der Waals surface area contributed by atoms with Gasteiger partial charge in [-0.05, 0) is 31.1 Å². The van der Waals surface area contributed by atoms with Gasteiger partial charge in [-0.2, -0.15) is 0 Å². The average molecular weight is 351 g/mol. The Morgan fingerprint density at radius 3 is 2.65 bits per heavy atom. The minimum Gasteiger partial charge on any atom is -0.488 e. The van der Waals surface area contributed by atoms with E-state index in [-0.39, 0.29) is 12.5 Å². The fourth-order valence-electron chi connectivity index (χ4n) is 2.64. The molecule has 0 radical (unpaired) electrons. The maximum Gasteiger partial charge on any atom is 0.338 e. The Kier molecular flexibility index (Phi) is 5.69. The van der Waals surface area contributed by atoms with Crippen molar-refractivity contribution in [3.8, 4) is 5.75 Å². The second kappa shape index (κ2) is 8.34. The van der Waals surface area contributed by atoms with Gasteiger partial charge in [-0.15, -0.1) is 0 Å². The molecule has 0 aliphatic carbocycles. The molecular weight excluding hydrogens is 330 g/mol. The number of hydrogen-bond acceptors (Lipinski definition) is 4. The highest BCUT2D eigenvalue weighted by Crippen LogP contribution is 2.26. The Labute approximate surface area is 152 Å². The summed E-state index contributed by atoms with van der Waals surface area (Å²) in [4.78, 5) is 24.4. The van der Waals surface area contributed by atoms with Crippen molar-refractivity contribution in [3.05, 3.63) is 71.3 Å². The van der Waals surface area contributed by atoms with Gasteiger partial charge in [0.1, 0.15) is 12.4 Å². The number of carbonyl (C=O) groups is 2. The summed E-state index contributed by atoms with van der Waals surface area (Å²) in [5, 5.41) is 2.79. The summed E-state index contributed by atoms with van der Waals surface area (Å²) in [7, 11) is 0. The van der Waals surface area contributed by atoms with Crippen molar-refractivity contribution in [3.63, 3.8) is 0 Å². The molecule has 1 aliphatic rings. The first-order valence-corrected chi connectivity index (χ1v) is 8.58. The fraction of sp³-hybridized carbons (Fsp3) is 0.238. The normalized spacial score (nSPS) is 13.7. The van der Waals surface area contributed by atoms with Crippen molar-refractivity contribution in [2.24, 2.45) is 0 Å². The second-order valence-electron chi connectivity index (χ2n) is 6.07. The lowest BCUT2D eigenvalue weighted by atomic mass is 10.1. The topological polar surface area (TPSA) is 64.6 Å². The van der Waals surface area contributed by atoms with Crippen LogP contribution in [0.15, 0.2) is 60.2 Å². The summed E-state index contributed by atoms with van der Waals surface area (Å²) in [5.74, 6) is -0.118. The van der Waals surface area contributed by atoms with Crippen molar-refractivity contribution in [1.29, 1.82) is 0 Å². The Hall–Kier alpha value is -3.08. The monoisotopic (exact) mass is 351 g/mol. The van der Waals surface area contributed by atoms with Gasteiger partial charge in [0.2, 0.25) is 0 Å². The summed E-state index contributed by atoms with van der Waals surface area (Å²) < 4.78 is 10.8. The zero-order valence-corrected chi connectivity index (χ0v) is 14.6. The number of amides is 1.